The molecule has 1 amide bonds. The topological polar surface area (TPSA) is 60.0 Å². The highest BCUT2D eigenvalue weighted by atomic mass is 16.7. The van der Waals surface area contributed by atoms with Crippen LogP contribution in [0.3, 0.4) is 0 Å². The summed E-state index contributed by atoms with van der Waals surface area (Å²) in [6.07, 6.45) is 1.80. The van der Waals surface area contributed by atoms with Crippen LogP contribution in [0.5, 0.6) is 11.5 Å². The van der Waals surface area contributed by atoms with Crippen molar-refractivity contribution < 1.29 is 19.0 Å². The summed E-state index contributed by atoms with van der Waals surface area (Å²) in [6.45, 7) is 5.58. The number of carbonyl (C=O) groups is 1. The summed E-state index contributed by atoms with van der Waals surface area (Å²) in [4.78, 5) is 14.6. The number of hydrogen-bond donors (Lipinski definition) is 1. The molecular formula is C18H26N2O4. The Kier molecular flexibility index (Phi) is 5.58. The van der Waals surface area contributed by atoms with E-state index in [1.165, 1.54) is 5.56 Å². The Morgan fingerprint density at radius 1 is 1.33 bits per heavy atom. The third-order valence-electron chi connectivity index (χ3n) is 4.61. The van der Waals surface area contributed by atoms with E-state index in [2.05, 4.69) is 16.3 Å². The second kappa shape index (κ2) is 7.85. The number of methoxy groups -OCH3 is 1. The maximum absolute atomic E-state index is 12.3. The molecule has 1 unspecified atom stereocenters. The van der Waals surface area contributed by atoms with Crippen LogP contribution in [0.2, 0.25) is 0 Å². The lowest BCUT2D eigenvalue weighted by atomic mass is 9.95. The van der Waals surface area contributed by atoms with E-state index in [0.29, 0.717) is 13.4 Å². The van der Waals surface area contributed by atoms with Crippen LogP contribution in [0.15, 0.2) is 18.2 Å². The summed E-state index contributed by atoms with van der Waals surface area (Å²) in [5, 5.41) is 3.03. The second-order valence-corrected chi connectivity index (χ2v) is 6.60. The Labute approximate surface area is 143 Å². The van der Waals surface area contributed by atoms with Crippen molar-refractivity contribution >= 4 is 5.91 Å². The fourth-order valence-corrected chi connectivity index (χ4v) is 3.30. The molecule has 2 aliphatic heterocycles. The predicted octanol–water partition coefficient (Wildman–Crippen LogP) is 1.78. The zero-order valence-electron chi connectivity index (χ0n) is 14.4. The van der Waals surface area contributed by atoms with Crippen LogP contribution in [-0.4, -0.2) is 50.4 Å². The van der Waals surface area contributed by atoms with Crippen molar-refractivity contribution in [2.45, 2.75) is 32.4 Å². The van der Waals surface area contributed by atoms with Crippen LogP contribution in [0.1, 0.15) is 25.3 Å². The number of nitrogens with zero attached hydrogens (tertiary/aromatic N) is 1. The normalized spacial score (nSPS) is 19.2. The van der Waals surface area contributed by atoms with Crippen LogP contribution in [-0.2, 0) is 16.1 Å². The number of nitrogens with one attached hydrogen (secondary N) is 1. The van der Waals surface area contributed by atoms with Crippen molar-refractivity contribution in [3.05, 3.63) is 23.8 Å². The molecule has 2 heterocycles. The summed E-state index contributed by atoms with van der Waals surface area (Å²) < 4.78 is 15.8. The minimum atomic E-state index is 0.0640. The molecule has 24 heavy (non-hydrogen) atoms. The fraction of sp³-hybridized carbons (Fsp3) is 0.611. The van der Waals surface area contributed by atoms with E-state index >= 15 is 0 Å². The average Bonchev–Trinajstić information content (AvgIpc) is 3.03. The highest BCUT2D eigenvalue weighted by Crippen LogP contribution is 2.33. The van der Waals surface area contributed by atoms with Gasteiger partial charge in [-0.1, -0.05) is 6.07 Å². The zero-order valence-corrected chi connectivity index (χ0v) is 14.4. The van der Waals surface area contributed by atoms with Gasteiger partial charge in [-0.05, 0) is 50.6 Å². The lowest BCUT2D eigenvalue weighted by Crippen LogP contribution is -2.44. The molecule has 0 radical (unpaired) electrons. The number of piperidine rings is 1. The average molecular weight is 334 g/mol. The van der Waals surface area contributed by atoms with Crippen LogP contribution < -0.4 is 14.8 Å². The molecule has 0 aromatic heterocycles. The molecule has 2 aliphatic rings. The van der Waals surface area contributed by atoms with E-state index in [4.69, 9.17) is 14.2 Å². The fourth-order valence-electron chi connectivity index (χ4n) is 3.30. The molecule has 1 saturated heterocycles. The minimum Gasteiger partial charge on any atom is -0.454 e. The minimum absolute atomic E-state index is 0.0640. The molecular weight excluding hydrogens is 308 g/mol. The molecule has 1 fully saturated rings. The van der Waals surface area contributed by atoms with Crippen LogP contribution >= 0.6 is 0 Å². The quantitative estimate of drug-likeness (QED) is 0.859. The first-order valence-electron chi connectivity index (χ1n) is 8.56. The van der Waals surface area contributed by atoms with Crippen molar-refractivity contribution in [2.75, 3.05) is 33.6 Å². The van der Waals surface area contributed by atoms with Crippen molar-refractivity contribution in [1.82, 2.24) is 10.2 Å². The molecule has 1 N–H and O–H groups in total. The van der Waals surface area contributed by atoms with E-state index in [1.807, 2.05) is 19.1 Å². The second-order valence-electron chi connectivity index (χ2n) is 6.60. The van der Waals surface area contributed by atoms with Gasteiger partial charge in [0.05, 0.1) is 6.61 Å². The summed E-state index contributed by atoms with van der Waals surface area (Å²) in [6, 6.07) is 6.16. The lowest BCUT2D eigenvalue weighted by molar-refractivity contribution is -0.127. The first kappa shape index (κ1) is 17.0. The van der Waals surface area contributed by atoms with Crippen LogP contribution in [0.25, 0.3) is 0 Å². The van der Waals surface area contributed by atoms with Gasteiger partial charge >= 0.3 is 0 Å². The van der Waals surface area contributed by atoms with E-state index in [9.17, 15) is 4.79 Å². The van der Waals surface area contributed by atoms with Crippen molar-refractivity contribution in [2.24, 2.45) is 5.92 Å². The molecule has 1 atom stereocenters. The van der Waals surface area contributed by atoms with Gasteiger partial charge < -0.3 is 19.5 Å². The van der Waals surface area contributed by atoms with Gasteiger partial charge in [-0.3, -0.25) is 9.69 Å². The number of fused-ring (bicyclic) bond motifs is 1. The number of likely N-dealkylation sites (tertiary alicyclic amines) is 1. The van der Waals surface area contributed by atoms with E-state index < -0.39 is 0 Å². The SMILES string of the molecule is COCC(C)NC(=O)C1CCN(Cc2ccc3c(c2)OCO3)CC1. The Morgan fingerprint density at radius 3 is 2.83 bits per heavy atom. The highest BCUT2D eigenvalue weighted by molar-refractivity contribution is 5.79. The summed E-state index contributed by atoms with van der Waals surface area (Å²) in [5.41, 5.74) is 1.22. The molecule has 1 aromatic carbocycles. The zero-order chi connectivity index (χ0) is 16.9. The van der Waals surface area contributed by atoms with Crippen molar-refractivity contribution in [3.63, 3.8) is 0 Å². The molecule has 6 heteroatoms. The highest BCUT2D eigenvalue weighted by Gasteiger charge is 2.26. The predicted molar refractivity (Wildman–Crippen MR) is 90.0 cm³/mol. The molecule has 3 rings (SSSR count). The molecule has 0 spiro atoms. The molecule has 132 valence electrons. The number of benzene rings is 1. The number of amides is 1. The summed E-state index contributed by atoms with van der Waals surface area (Å²) in [7, 11) is 1.65. The van der Waals surface area contributed by atoms with Gasteiger partial charge in [-0.25, -0.2) is 0 Å². The van der Waals surface area contributed by atoms with Crippen molar-refractivity contribution in [3.8, 4) is 11.5 Å². The van der Waals surface area contributed by atoms with E-state index in [-0.39, 0.29) is 17.9 Å². The Hall–Kier alpha value is -1.79. The van der Waals surface area contributed by atoms with Gasteiger partial charge in [0.2, 0.25) is 12.7 Å². The van der Waals surface area contributed by atoms with Gasteiger partial charge in [-0.2, -0.15) is 0 Å². The van der Waals surface area contributed by atoms with Crippen LogP contribution in [0.4, 0.5) is 0 Å². The monoisotopic (exact) mass is 334 g/mol. The van der Waals surface area contributed by atoms with Crippen molar-refractivity contribution in [1.29, 1.82) is 0 Å². The molecule has 6 nitrogen and oxygen atoms in total. The summed E-state index contributed by atoms with van der Waals surface area (Å²) >= 11 is 0. The third kappa shape index (κ3) is 4.19. The standard InChI is InChI=1S/C18H26N2O4/c1-13(11-22-2)19-18(21)15-5-7-20(8-6-15)10-14-3-4-16-17(9-14)24-12-23-16/h3-4,9,13,15H,5-8,10-12H2,1-2H3,(H,19,21). The summed E-state index contributed by atoms with van der Waals surface area (Å²) in [5.74, 6) is 1.91. The Bertz CT molecular complexity index is 570. The first-order chi connectivity index (χ1) is 11.7. The number of hydrogen-bond acceptors (Lipinski definition) is 5. The Balaban J connectivity index is 1.46. The van der Waals surface area contributed by atoms with Crippen LogP contribution in [0, 0.1) is 5.92 Å². The lowest BCUT2D eigenvalue weighted by Gasteiger charge is -2.31. The maximum atomic E-state index is 12.3. The third-order valence-corrected chi connectivity index (χ3v) is 4.61. The van der Waals surface area contributed by atoms with E-state index in [0.717, 1.165) is 44.0 Å². The van der Waals surface area contributed by atoms with Gasteiger partial charge in [-0.15, -0.1) is 0 Å². The van der Waals surface area contributed by atoms with Gasteiger partial charge in [0.1, 0.15) is 0 Å². The first-order valence-corrected chi connectivity index (χ1v) is 8.56. The smallest absolute Gasteiger partial charge is 0.231 e. The van der Waals surface area contributed by atoms with Gasteiger partial charge in [0, 0.05) is 25.6 Å². The maximum Gasteiger partial charge on any atom is 0.231 e. The molecule has 1 aromatic rings. The largest absolute Gasteiger partial charge is 0.454 e. The number of ether oxygens (including phenoxy) is 3. The Morgan fingerprint density at radius 2 is 2.08 bits per heavy atom. The van der Waals surface area contributed by atoms with Gasteiger partial charge in [0.25, 0.3) is 0 Å². The molecule has 0 bridgehead atoms. The van der Waals surface area contributed by atoms with Gasteiger partial charge in [0.15, 0.2) is 11.5 Å². The van der Waals surface area contributed by atoms with E-state index in [1.54, 1.807) is 7.11 Å². The number of carbonyl (C=O) groups excluding carboxylic acids is 1. The molecule has 0 aliphatic carbocycles. The number of rotatable bonds is 6. The molecule has 0 saturated carbocycles.